The van der Waals surface area contributed by atoms with Crippen LogP contribution in [-0.4, -0.2) is 49.1 Å². The quantitative estimate of drug-likeness (QED) is 0.286. The van der Waals surface area contributed by atoms with Crippen LogP contribution in [0.3, 0.4) is 0 Å². The molecule has 0 saturated carbocycles. The molecule has 1 atom stereocenters. The van der Waals surface area contributed by atoms with Crippen molar-refractivity contribution in [2.24, 2.45) is 0 Å². The predicted octanol–water partition coefficient (Wildman–Crippen LogP) is 4.86. The fourth-order valence-electron chi connectivity index (χ4n) is 4.20. The first-order valence-corrected chi connectivity index (χ1v) is 11.2. The summed E-state index contributed by atoms with van der Waals surface area (Å²) in [7, 11) is 3.09. The van der Waals surface area contributed by atoms with Crippen molar-refractivity contribution in [3.8, 4) is 17.2 Å². The summed E-state index contributed by atoms with van der Waals surface area (Å²) in [5.74, 6) is 0.190. The van der Waals surface area contributed by atoms with Crippen molar-refractivity contribution in [1.29, 1.82) is 0 Å². The van der Waals surface area contributed by atoms with Gasteiger partial charge in [0.1, 0.15) is 23.0 Å². The third-order valence-corrected chi connectivity index (χ3v) is 5.90. The molecule has 1 heterocycles. The largest absolute Gasteiger partial charge is 0.507 e. The van der Waals surface area contributed by atoms with Gasteiger partial charge in [0.25, 0.3) is 11.7 Å². The van der Waals surface area contributed by atoms with Crippen LogP contribution in [0.1, 0.15) is 22.7 Å². The molecule has 0 aliphatic carbocycles. The van der Waals surface area contributed by atoms with Gasteiger partial charge in [0, 0.05) is 19.2 Å². The predicted molar refractivity (Wildman–Crippen MR) is 132 cm³/mol. The van der Waals surface area contributed by atoms with E-state index in [0.717, 1.165) is 5.56 Å². The summed E-state index contributed by atoms with van der Waals surface area (Å²) >= 11 is 0. The molecule has 7 nitrogen and oxygen atoms in total. The average molecular weight is 474 g/mol. The number of ether oxygens (including phenoxy) is 3. The number of para-hydroxylation sites is 1. The summed E-state index contributed by atoms with van der Waals surface area (Å²) in [6.07, 6.45) is 0. The summed E-state index contributed by atoms with van der Waals surface area (Å²) in [4.78, 5) is 27.6. The minimum atomic E-state index is -0.799. The first-order valence-electron chi connectivity index (χ1n) is 11.2. The number of hydrogen-bond acceptors (Lipinski definition) is 6. The Morgan fingerprint density at radius 1 is 0.943 bits per heavy atom. The van der Waals surface area contributed by atoms with E-state index in [4.69, 9.17) is 14.2 Å². The smallest absolute Gasteiger partial charge is 0.295 e. The number of hydrogen-bond donors (Lipinski definition) is 1. The number of aliphatic hydroxyl groups is 1. The van der Waals surface area contributed by atoms with Gasteiger partial charge in [-0.25, -0.2) is 0 Å². The van der Waals surface area contributed by atoms with Crippen molar-refractivity contribution in [2.45, 2.75) is 13.0 Å². The van der Waals surface area contributed by atoms with E-state index in [1.807, 2.05) is 37.3 Å². The van der Waals surface area contributed by atoms with E-state index >= 15 is 0 Å². The average Bonchev–Trinajstić information content (AvgIpc) is 3.12. The number of carbonyl (C=O) groups excluding carboxylic acids is 2. The molecular weight excluding hydrogens is 446 g/mol. The number of Topliss-reactive ketones (excluding diaryl/α,β-unsaturated/α-hetero) is 1. The van der Waals surface area contributed by atoms with Gasteiger partial charge in [0.2, 0.25) is 0 Å². The second kappa shape index (κ2) is 10.4. The molecule has 1 aliphatic heterocycles. The highest BCUT2D eigenvalue weighted by Gasteiger charge is 2.46. The highest BCUT2D eigenvalue weighted by molar-refractivity contribution is 6.46. The topological polar surface area (TPSA) is 85.3 Å². The lowest BCUT2D eigenvalue weighted by molar-refractivity contribution is -0.140. The third kappa shape index (κ3) is 4.90. The van der Waals surface area contributed by atoms with Crippen molar-refractivity contribution in [3.05, 3.63) is 95.1 Å². The fraction of sp³-hybridized carbons (Fsp3) is 0.214. The molecule has 1 saturated heterocycles. The highest BCUT2D eigenvalue weighted by Crippen LogP contribution is 2.40. The van der Waals surface area contributed by atoms with Crippen molar-refractivity contribution < 1.29 is 28.9 Å². The maximum absolute atomic E-state index is 13.2. The normalized spacial score (nSPS) is 17.0. The summed E-state index contributed by atoms with van der Waals surface area (Å²) < 4.78 is 16.4. The minimum Gasteiger partial charge on any atom is -0.507 e. The molecule has 0 unspecified atom stereocenters. The Kier molecular flexibility index (Phi) is 7.17. The Bertz CT molecular complexity index is 1270. The van der Waals surface area contributed by atoms with Gasteiger partial charge in [-0.3, -0.25) is 9.59 Å². The molecule has 0 bridgehead atoms. The van der Waals surface area contributed by atoms with E-state index in [9.17, 15) is 14.7 Å². The van der Waals surface area contributed by atoms with Gasteiger partial charge in [0.05, 0.1) is 25.3 Å². The van der Waals surface area contributed by atoms with E-state index in [1.165, 1.54) is 12.0 Å². The third-order valence-electron chi connectivity index (χ3n) is 5.90. The minimum absolute atomic E-state index is 0.0209. The standard InChI is InChI=1S/C28H27NO6/c1-18-16-20(12-13-23(18)34-3)26(30)24-25(29(14-15-33-2)28(32)27(24)31)19-8-7-11-22(17-19)35-21-9-5-4-6-10-21/h4-13,16-17,25,30H,14-15H2,1-3H3/b26-24+/t25-/m1/s1. The maximum Gasteiger partial charge on any atom is 0.295 e. The lowest BCUT2D eigenvalue weighted by atomic mass is 9.94. The molecule has 4 rings (SSSR count). The zero-order valence-electron chi connectivity index (χ0n) is 19.9. The van der Waals surface area contributed by atoms with Gasteiger partial charge in [-0.15, -0.1) is 0 Å². The van der Waals surface area contributed by atoms with E-state index in [1.54, 1.807) is 49.6 Å². The molecule has 0 aromatic heterocycles. The summed E-state index contributed by atoms with van der Waals surface area (Å²) in [6.45, 7) is 2.27. The number of carbonyl (C=O) groups is 2. The maximum atomic E-state index is 13.2. The molecular formula is C28H27NO6. The van der Waals surface area contributed by atoms with Gasteiger partial charge < -0.3 is 24.2 Å². The van der Waals surface area contributed by atoms with Crippen LogP contribution in [0, 0.1) is 6.92 Å². The van der Waals surface area contributed by atoms with Crippen LogP contribution < -0.4 is 9.47 Å². The van der Waals surface area contributed by atoms with Crippen LogP contribution in [-0.2, 0) is 14.3 Å². The fourth-order valence-corrected chi connectivity index (χ4v) is 4.20. The highest BCUT2D eigenvalue weighted by atomic mass is 16.5. The number of ketones is 1. The molecule has 3 aromatic rings. The number of methoxy groups -OCH3 is 2. The Labute approximate surface area is 204 Å². The van der Waals surface area contributed by atoms with Crippen LogP contribution in [0.5, 0.6) is 17.2 Å². The number of amides is 1. The lowest BCUT2D eigenvalue weighted by Crippen LogP contribution is -2.32. The van der Waals surface area contributed by atoms with Crippen molar-refractivity contribution in [3.63, 3.8) is 0 Å². The van der Waals surface area contributed by atoms with E-state index < -0.39 is 17.7 Å². The molecule has 180 valence electrons. The summed E-state index contributed by atoms with van der Waals surface area (Å²) in [6, 6.07) is 20.8. The van der Waals surface area contributed by atoms with Crippen LogP contribution in [0.25, 0.3) is 5.76 Å². The second-order valence-corrected chi connectivity index (χ2v) is 8.16. The Morgan fingerprint density at radius 2 is 1.69 bits per heavy atom. The Hall–Kier alpha value is -4.10. The van der Waals surface area contributed by atoms with Crippen molar-refractivity contribution in [1.82, 2.24) is 4.90 Å². The van der Waals surface area contributed by atoms with Gasteiger partial charge >= 0.3 is 0 Å². The molecule has 1 aliphatic rings. The van der Waals surface area contributed by atoms with Crippen LogP contribution in [0.4, 0.5) is 0 Å². The number of rotatable bonds is 8. The van der Waals surface area contributed by atoms with Crippen LogP contribution in [0.15, 0.2) is 78.4 Å². The van der Waals surface area contributed by atoms with Crippen LogP contribution >= 0.6 is 0 Å². The van der Waals surface area contributed by atoms with Gasteiger partial charge in [-0.1, -0.05) is 30.3 Å². The van der Waals surface area contributed by atoms with Crippen LogP contribution in [0.2, 0.25) is 0 Å². The van der Waals surface area contributed by atoms with Crippen molar-refractivity contribution in [2.75, 3.05) is 27.4 Å². The summed E-state index contributed by atoms with van der Waals surface area (Å²) in [5.41, 5.74) is 1.88. The molecule has 35 heavy (non-hydrogen) atoms. The number of aryl methyl sites for hydroxylation is 1. The zero-order valence-corrected chi connectivity index (χ0v) is 19.9. The van der Waals surface area contributed by atoms with Crippen molar-refractivity contribution >= 4 is 17.4 Å². The first kappa shape index (κ1) is 24.0. The number of benzene rings is 3. The second-order valence-electron chi connectivity index (χ2n) is 8.16. The summed E-state index contributed by atoms with van der Waals surface area (Å²) in [5, 5.41) is 11.3. The number of nitrogens with zero attached hydrogens (tertiary/aromatic N) is 1. The molecule has 7 heteroatoms. The number of aliphatic hydroxyl groups excluding tert-OH is 1. The van der Waals surface area contributed by atoms with Gasteiger partial charge in [-0.2, -0.15) is 0 Å². The molecule has 1 fully saturated rings. The lowest BCUT2D eigenvalue weighted by Gasteiger charge is -2.25. The Balaban J connectivity index is 1.81. The van der Waals surface area contributed by atoms with E-state index in [-0.39, 0.29) is 24.5 Å². The molecule has 1 amide bonds. The molecule has 0 radical (unpaired) electrons. The first-order chi connectivity index (χ1) is 16.9. The van der Waals surface area contributed by atoms with Gasteiger partial charge in [0.15, 0.2) is 0 Å². The van der Waals surface area contributed by atoms with Gasteiger partial charge in [-0.05, 0) is 60.5 Å². The molecule has 0 spiro atoms. The molecule has 3 aromatic carbocycles. The monoisotopic (exact) mass is 473 g/mol. The van der Waals surface area contributed by atoms with E-state index in [2.05, 4.69) is 0 Å². The Morgan fingerprint density at radius 3 is 2.37 bits per heavy atom. The van der Waals surface area contributed by atoms with E-state index in [0.29, 0.717) is 28.4 Å². The zero-order chi connectivity index (χ0) is 24.9. The SMILES string of the molecule is COCCN1C(=O)C(=O)/C(=C(/O)c2ccc(OC)c(C)c2)[C@H]1c1cccc(Oc2ccccc2)c1. The molecule has 1 N–H and O–H groups in total. The number of likely N-dealkylation sites (tertiary alicyclic amines) is 1.